The fourth-order valence-corrected chi connectivity index (χ4v) is 4.04. The number of thiophene rings is 2. The SMILES string of the molecule is CCc1ccc(CNC(=NC)NCc2ccc(Br)s2)s1. The van der Waals surface area contributed by atoms with Crippen molar-refractivity contribution in [3.8, 4) is 0 Å². The van der Waals surface area contributed by atoms with Crippen molar-refractivity contribution in [2.24, 2.45) is 4.99 Å². The second kappa shape index (κ2) is 7.81. The highest BCUT2D eigenvalue weighted by molar-refractivity contribution is 9.11. The maximum absolute atomic E-state index is 4.24. The van der Waals surface area contributed by atoms with Gasteiger partial charge in [-0.2, -0.15) is 0 Å². The molecule has 2 aromatic rings. The van der Waals surface area contributed by atoms with E-state index in [2.05, 4.69) is 62.7 Å². The maximum Gasteiger partial charge on any atom is 0.191 e. The summed E-state index contributed by atoms with van der Waals surface area (Å²) >= 11 is 7.06. The quantitative estimate of drug-likeness (QED) is 0.615. The monoisotopic (exact) mass is 371 g/mol. The van der Waals surface area contributed by atoms with E-state index in [1.165, 1.54) is 14.6 Å². The van der Waals surface area contributed by atoms with Crippen molar-refractivity contribution >= 4 is 44.6 Å². The average Bonchev–Trinajstić information content (AvgIpc) is 3.08. The molecule has 2 heterocycles. The molecule has 0 radical (unpaired) electrons. The van der Waals surface area contributed by atoms with Gasteiger partial charge in [0.2, 0.25) is 0 Å². The molecule has 0 aliphatic heterocycles. The summed E-state index contributed by atoms with van der Waals surface area (Å²) in [6.45, 7) is 3.79. The van der Waals surface area contributed by atoms with Crippen LogP contribution in [0.5, 0.6) is 0 Å². The van der Waals surface area contributed by atoms with Crippen LogP contribution in [0.15, 0.2) is 33.0 Å². The molecular formula is C14H18BrN3S2. The van der Waals surface area contributed by atoms with Gasteiger partial charge in [0.1, 0.15) is 0 Å². The van der Waals surface area contributed by atoms with E-state index in [1.54, 1.807) is 18.4 Å². The Bertz CT molecular complexity index is 574. The number of hydrogen-bond acceptors (Lipinski definition) is 3. The van der Waals surface area contributed by atoms with E-state index in [1.807, 2.05) is 11.3 Å². The smallest absolute Gasteiger partial charge is 0.191 e. The van der Waals surface area contributed by atoms with Crippen LogP contribution in [0.1, 0.15) is 21.6 Å². The first kappa shape index (κ1) is 15.5. The second-order valence-corrected chi connectivity index (χ2v) is 8.01. The van der Waals surface area contributed by atoms with Crippen LogP contribution in [0.4, 0.5) is 0 Å². The minimum atomic E-state index is 0.792. The zero-order chi connectivity index (χ0) is 14.4. The van der Waals surface area contributed by atoms with E-state index < -0.39 is 0 Å². The van der Waals surface area contributed by atoms with Crippen molar-refractivity contribution in [1.82, 2.24) is 10.6 Å². The van der Waals surface area contributed by atoms with E-state index in [0.29, 0.717) is 0 Å². The lowest BCUT2D eigenvalue weighted by molar-refractivity contribution is 0.822. The molecule has 2 rings (SSSR count). The molecule has 0 bridgehead atoms. The number of rotatable bonds is 5. The summed E-state index contributed by atoms with van der Waals surface area (Å²) in [5.41, 5.74) is 0. The van der Waals surface area contributed by atoms with Gasteiger partial charge in [-0.1, -0.05) is 6.92 Å². The summed E-state index contributed by atoms with van der Waals surface area (Å²) in [6, 6.07) is 8.55. The molecule has 0 aromatic carbocycles. The van der Waals surface area contributed by atoms with Gasteiger partial charge >= 0.3 is 0 Å². The van der Waals surface area contributed by atoms with Gasteiger partial charge in [0.15, 0.2) is 5.96 Å². The van der Waals surface area contributed by atoms with Gasteiger partial charge in [0.05, 0.1) is 16.9 Å². The van der Waals surface area contributed by atoms with Crippen LogP contribution in [-0.4, -0.2) is 13.0 Å². The van der Waals surface area contributed by atoms with Crippen molar-refractivity contribution in [2.45, 2.75) is 26.4 Å². The molecule has 6 heteroatoms. The van der Waals surface area contributed by atoms with E-state index >= 15 is 0 Å². The standard InChI is InChI=1S/C14H18BrN3S2/c1-3-10-4-5-11(19-10)8-17-14(16-2)18-9-12-6-7-13(15)20-12/h4-7H,3,8-9H2,1-2H3,(H2,16,17,18). The van der Waals surface area contributed by atoms with Crippen molar-refractivity contribution in [3.63, 3.8) is 0 Å². The lowest BCUT2D eigenvalue weighted by Crippen LogP contribution is -2.35. The number of halogens is 1. The maximum atomic E-state index is 4.24. The highest BCUT2D eigenvalue weighted by Gasteiger charge is 2.02. The lowest BCUT2D eigenvalue weighted by Gasteiger charge is -2.10. The van der Waals surface area contributed by atoms with Crippen molar-refractivity contribution in [1.29, 1.82) is 0 Å². The first-order chi connectivity index (χ1) is 9.71. The Hall–Kier alpha value is -0.850. The summed E-state index contributed by atoms with van der Waals surface area (Å²) in [4.78, 5) is 8.29. The first-order valence-corrected chi connectivity index (χ1v) is 8.90. The van der Waals surface area contributed by atoms with E-state index in [-0.39, 0.29) is 0 Å². The molecule has 0 atom stereocenters. The lowest BCUT2D eigenvalue weighted by atomic mass is 10.3. The minimum absolute atomic E-state index is 0.792. The highest BCUT2D eigenvalue weighted by Crippen LogP contribution is 2.21. The fourth-order valence-electron chi connectivity index (χ4n) is 1.72. The van der Waals surface area contributed by atoms with Crippen LogP contribution >= 0.6 is 38.6 Å². The van der Waals surface area contributed by atoms with E-state index in [9.17, 15) is 0 Å². The van der Waals surface area contributed by atoms with Crippen molar-refractivity contribution in [3.05, 3.63) is 42.7 Å². The molecule has 0 spiro atoms. The largest absolute Gasteiger partial charge is 0.352 e. The molecular weight excluding hydrogens is 354 g/mol. The zero-order valence-corrected chi connectivity index (χ0v) is 14.8. The van der Waals surface area contributed by atoms with Crippen molar-refractivity contribution < 1.29 is 0 Å². The summed E-state index contributed by atoms with van der Waals surface area (Å²) in [7, 11) is 1.80. The van der Waals surface area contributed by atoms with Gasteiger partial charge in [-0.3, -0.25) is 4.99 Å². The topological polar surface area (TPSA) is 36.4 Å². The third kappa shape index (κ3) is 4.61. The summed E-state index contributed by atoms with van der Waals surface area (Å²) < 4.78 is 1.16. The van der Waals surface area contributed by atoms with Crippen LogP contribution in [0.2, 0.25) is 0 Å². The van der Waals surface area contributed by atoms with Gasteiger partial charge in [-0.25, -0.2) is 0 Å². The van der Waals surface area contributed by atoms with Gasteiger partial charge in [-0.05, 0) is 46.6 Å². The fraction of sp³-hybridized carbons (Fsp3) is 0.357. The molecule has 0 saturated carbocycles. The Kier molecular flexibility index (Phi) is 6.06. The summed E-state index contributed by atoms with van der Waals surface area (Å²) in [5, 5.41) is 6.67. The Labute approximate surface area is 136 Å². The molecule has 0 saturated heterocycles. The Balaban J connectivity index is 1.80. The van der Waals surface area contributed by atoms with Crippen LogP contribution in [0.3, 0.4) is 0 Å². The molecule has 0 amide bonds. The van der Waals surface area contributed by atoms with E-state index in [4.69, 9.17) is 0 Å². The Morgan fingerprint density at radius 3 is 2.15 bits per heavy atom. The number of aryl methyl sites for hydroxylation is 1. The van der Waals surface area contributed by atoms with Gasteiger partial charge < -0.3 is 10.6 Å². The molecule has 0 aliphatic carbocycles. The third-order valence-corrected chi connectivity index (χ3v) is 5.63. The molecule has 2 N–H and O–H groups in total. The number of hydrogen-bond donors (Lipinski definition) is 2. The predicted octanol–water partition coefficient (Wildman–Crippen LogP) is 4.00. The minimum Gasteiger partial charge on any atom is -0.352 e. The second-order valence-electron chi connectivity index (χ2n) is 4.21. The molecule has 2 aromatic heterocycles. The van der Waals surface area contributed by atoms with Crippen LogP contribution in [0, 0.1) is 0 Å². The number of guanidine groups is 1. The number of aliphatic imine (C=N–C) groups is 1. The Morgan fingerprint density at radius 2 is 1.65 bits per heavy atom. The van der Waals surface area contributed by atoms with Crippen LogP contribution in [-0.2, 0) is 19.5 Å². The average molecular weight is 372 g/mol. The number of nitrogens with zero attached hydrogens (tertiary/aromatic N) is 1. The predicted molar refractivity (Wildman–Crippen MR) is 92.8 cm³/mol. The van der Waals surface area contributed by atoms with Crippen molar-refractivity contribution in [2.75, 3.05) is 7.05 Å². The van der Waals surface area contributed by atoms with Crippen LogP contribution < -0.4 is 10.6 Å². The summed E-state index contributed by atoms with van der Waals surface area (Å²) in [5.74, 6) is 0.834. The Morgan fingerprint density at radius 1 is 1.05 bits per heavy atom. The highest BCUT2D eigenvalue weighted by atomic mass is 79.9. The van der Waals surface area contributed by atoms with E-state index in [0.717, 1.165) is 29.3 Å². The molecule has 0 aliphatic rings. The van der Waals surface area contributed by atoms with Gasteiger partial charge in [-0.15, -0.1) is 22.7 Å². The third-order valence-electron chi connectivity index (χ3n) is 2.78. The van der Waals surface area contributed by atoms with Crippen LogP contribution in [0.25, 0.3) is 0 Å². The first-order valence-electron chi connectivity index (χ1n) is 6.47. The zero-order valence-electron chi connectivity index (χ0n) is 11.6. The molecule has 20 heavy (non-hydrogen) atoms. The molecule has 0 unspecified atom stereocenters. The van der Waals surface area contributed by atoms with Gasteiger partial charge in [0.25, 0.3) is 0 Å². The normalized spacial score (nSPS) is 11.7. The molecule has 3 nitrogen and oxygen atoms in total. The molecule has 108 valence electrons. The number of nitrogens with one attached hydrogen (secondary N) is 2. The van der Waals surface area contributed by atoms with Gasteiger partial charge in [0, 0.05) is 21.7 Å². The molecule has 0 fully saturated rings. The summed E-state index contributed by atoms with van der Waals surface area (Å²) in [6.07, 6.45) is 1.10.